The van der Waals surface area contributed by atoms with Crippen molar-refractivity contribution in [1.29, 1.82) is 5.26 Å². The fourth-order valence-electron chi connectivity index (χ4n) is 5.25. The lowest BCUT2D eigenvalue weighted by Crippen LogP contribution is -2.59. The molecule has 1 aromatic heterocycles. The van der Waals surface area contributed by atoms with Crippen LogP contribution in [0.15, 0.2) is 15.6 Å². The summed E-state index contributed by atoms with van der Waals surface area (Å²) >= 11 is 6.88. The highest BCUT2D eigenvalue weighted by Crippen LogP contribution is 2.49. The largest absolute Gasteiger partial charge is 0.444 e. The Hall–Kier alpha value is -1.85. The van der Waals surface area contributed by atoms with Crippen molar-refractivity contribution >= 4 is 79.1 Å². The van der Waals surface area contributed by atoms with Crippen LogP contribution in [0.3, 0.4) is 0 Å². The van der Waals surface area contributed by atoms with Crippen LogP contribution in [0, 0.1) is 26.6 Å². The minimum Gasteiger partial charge on any atom is -0.444 e. The molecule has 40 heavy (non-hydrogen) atoms. The number of nitriles is 1. The molecule has 1 aromatic carbocycles. The Balaban J connectivity index is 1.92. The average Bonchev–Trinajstić information content (AvgIpc) is 3.43. The van der Waals surface area contributed by atoms with Gasteiger partial charge in [0.1, 0.15) is 21.7 Å². The standard InChI is InChI=1S/C28H33BrFIN4O4S/c1-27(2,3)38-25(36)34-13-15-12-17(34)22(15)35(26(37)39-28(4,5)6)23-16-11-14(9-8-10-32)18(29)19(30)21(16)33-24(40-7)20(23)31/h11,15,17,22H,8-9,12-13H2,1-7H3/t15-,17-,22?/m1/s1. The molecule has 2 bridgehead atoms. The van der Waals surface area contributed by atoms with E-state index in [0.717, 1.165) is 6.42 Å². The highest BCUT2D eigenvalue weighted by atomic mass is 127. The number of ether oxygens (including phenoxy) is 2. The fourth-order valence-corrected chi connectivity index (χ4v) is 7.54. The van der Waals surface area contributed by atoms with Crippen molar-refractivity contribution in [3.05, 3.63) is 25.5 Å². The molecule has 1 saturated carbocycles. The van der Waals surface area contributed by atoms with Crippen LogP contribution in [-0.2, 0) is 15.9 Å². The van der Waals surface area contributed by atoms with Crippen molar-refractivity contribution < 1.29 is 23.5 Å². The minimum absolute atomic E-state index is 0.000126. The number of aryl methyl sites for hydroxylation is 1. The number of rotatable bonds is 5. The Bertz CT molecular complexity index is 1400. The van der Waals surface area contributed by atoms with Gasteiger partial charge in [0, 0.05) is 24.3 Å². The molecule has 1 aliphatic carbocycles. The fraction of sp³-hybridized carbons (Fsp3) is 0.571. The molecular weight excluding hydrogens is 714 g/mol. The number of benzene rings is 1. The first-order chi connectivity index (χ1) is 18.6. The first kappa shape index (κ1) is 31.1. The predicted octanol–water partition coefficient (Wildman–Crippen LogP) is 7.67. The maximum absolute atomic E-state index is 15.8. The van der Waals surface area contributed by atoms with E-state index in [2.05, 4.69) is 49.6 Å². The summed E-state index contributed by atoms with van der Waals surface area (Å²) in [6.45, 7) is 11.3. The summed E-state index contributed by atoms with van der Waals surface area (Å²) in [7, 11) is 0. The Morgan fingerprint density at radius 2 is 1.93 bits per heavy atom. The lowest BCUT2D eigenvalue weighted by atomic mass is 9.78. The Morgan fingerprint density at radius 1 is 1.27 bits per heavy atom. The molecule has 12 heteroatoms. The van der Waals surface area contributed by atoms with Crippen molar-refractivity contribution in [2.75, 3.05) is 17.7 Å². The Labute approximate surface area is 260 Å². The number of hydrogen-bond donors (Lipinski definition) is 0. The molecule has 1 unspecified atom stereocenters. The van der Waals surface area contributed by atoms with E-state index in [0.29, 0.717) is 38.2 Å². The van der Waals surface area contributed by atoms with Gasteiger partial charge in [0.25, 0.3) is 0 Å². The van der Waals surface area contributed by atoms with E-state index < -0.39 is 29.2 Å². The lowest BCUT2D eigenvalue weighted by molar-refractivity contribution is 0.0216. The average molecular weight is 747 g/mol. The number of fused-ring (bicyclic) bond motifs is 2. The van der Waals surface area contributed by atoms with Gasteiger partial charge in [-0.05, 0) is 111 Å². The van der Waals surface area contributed by atoms with Gasteiger partial charge in [-0.2, -0.15) is 5.26 Å². The van der Waals surface area contributed by atoms with Crippen LogP contribution in [0.5, 0.6) is 0 Å². The number of halogens is 3. The van der Waals surface area contributed by atoms with E-state index in [4.69, 9.17) is 14.7 Å². The summed E-state index contributed by atoms with van der Waals surface area (Å²) < 4.78 is 28.3. The second kappa shape index (κ2) is 11.4. The van der Waals surface area contributed by atoms with Crippen LogP contribution in [0.4, 0.5) is 19.7 Å². The predicted molar refractivity (Wildman–Crippen MR) is 165 cm³/mol. The van der Waals surface area contributed by atoms with Crippen molar-refractivity contribution in [3.63, 3.8) is 0 Å². The third-order valence-electron chi connectivity index (χ3n) is 6.83. The Kier molecular flexibility index (Phi) is 8.89. The second-order valence-electron chi connectivity index (χ2n) is 12.0. The van der Waals surface area contributed by atoms with E-state index in [1.807, 2.05) is 27.0 Å². The summed E-state index contributed by atoms with van der Waals surface area (Å²) in [5, 5.41) is 10.2. The molecule has 3 aliphatic rings. The molecular formula is C28H33BrFIN4O4S. The molecule has 0 spiro atoms. The first-order valence-corrected chi connectivity index (χ1v) is 16.1. The third-order valence-corrected chi connectivity index (χ3v) is 9.76. The maximum Gasteiger partial charge on any atom is 0.415 e. The maximum atomic E-state index is 15.8. The zero-order chi connectivity index (χ0) is 29.7. The van der Waals surface area contributed by atoms with Crippen LogP contribution >= 0.6 is 50.3 Å². The van der Waals surface area contributed by atoms with Gasteiger partial charge in [-0.15, -0.1) is 11.8 Å². The van der Waals surface area contributed by atoms with Gasteiger partial charge in [0.15, 0.2) is 5.82 Å². The van der Waals surface area contributed by atoms with E-state index in [9.17, 15) is 9.59 Å². The summed E-state index contributed by atoms with van der Waals surface area (Å²) in [5.41, 5.74) is -0.209. The molecule has 2 amide bonds. The highest BCUT2D eigenvalue weighted by molar-refractivity contribution is 14.1. The molecule has 2 saturated heterocycles. The number of amides is 2. The monoisotopic (exact) mass is 746 g/mol. The number of anilines is 1. The highest BCUT2D eigenvalue weighted by Gasteiger charge is 2.59. The van der Waals surface area contributed by atoms with Crippen LogP contribution < -0.4 is 4.90 Å². The van der Waals surface area contributed by atoms with E-state index in [1.54, 1.807) is 36.6 Å². The number of thioether (sulfide) groups is 1. The summed E-state index contributed by atoms with van der Waals surface area (Å²) in [5.74, 6) is -0.547. The molecule has 216 valence electrons. The van der Waals surface area contributed by atoms with Crippen LogP contribution in [-0.4, -0.2) is 58.2 Å². The second-order valence-corrected chi connectivity index (χ2v) is 14.7. The minimum atomic E-state index is -0.786. The zero-order valence-corrected chi connectivity index (χ0v) is 28.2. The van der Waals surface area contributed by atoms with E-state index in [-0.39, 0.29) is 34.4 Å². The van der Waals surface area contributed by atoms with Gasteiger partial charge in [-0.25, -0.2) is 19.0 Å². The molecule has 8 nitrogen and oxygen atoms in total. The zero-order valence-electron chi connectivity index (χ0n) is 23.6. The molecule has 2 aliphatic heterocycles. The number of carbonyl (C=O) groups excluding carboxylic acids is 2. The summed E-state index contributed by atoms with van der Waals surface area (Å²) in [4.78, 5) is 35.0. The summed E-state index contributed by atoms with van der Waals surface area (Å²) in [6, 6.07) is 3.26. The molecule has 0 radical (unpaired) electrons. The molecule has 3 heterocycles. The van der Waals surface area contributed by atoms with Gasteiger partial charge in [0.2, 0.25) is 0 Å². The molecule has 5 rings (SSSR count). The van der Waals surface area contributed by atoms with Crippen LogP contribution in [0.1, 0.15) is 59.9 Å². The van der Waals surface area contributed by atoms with Gasteiger partial charge in [-0.3, -0.25) is 4.90 Å². The number of aromatic nitrogens is 1. The quantitative estimate of drug-likeness (QED) is 0.229. The normalized spacial score (nSPS) is 20.2. The molecule has 2 aromatic rings. The van der Waals surface area contributed by atoms with Gasteiger partial charge < -0.3 is 14.4 Å². The Morgan fingerprint density at radius 3 is 2.50 bits per heavy atom. The van der Waals surface area contributed by atoms with Gasteiger partial charge >= 0.3 is 12.2 Å². The topological polar surface area (TPSA) is 95.8 Å². The van der Waals surface area contributed by atoms with Gasteiger partial charge in [-0.1, -0.05) is 0 Å². The lowest BCUT2D eigenvalue weighted by Gasteiger charge is -2.44. The first-order valence-electron chi connectivity index (χ1n) is 13.0. The third kappa shape index (κ3) is 6.02. The number of nitrogens with zero attached hydrogens (tertiary/aromatic N) is 4. The van der Waals surface area contributed by atoms with Crippen LogP contribution in [0.2, 0.25) is 0 Å². The number of carbonyl (C=O) groups is 2. The number of pyridine rings is 1. The van der Waals surface area contributed by atoms with Crippen molar-refractivity contribution in [1.82, 2.24) is 9.88 Å². The molecule has 3 fully saturated rings. The van der Waals surface area contributed by atoms with Gasteiger partial charge in [0.05, 0.1) is 31.9 Å². The molecule has 3 atom stereocenters. The summed E-state index contributed by atoms with van der Waals surface area (Å²) in [6.07, 6.45) is 2.13. The van der Waals surface area contributed by atoms with E-state index >= 15 is 4.39 Å². The van der Waals surface area contributed by atoms with Crippen LogP contribution in [0.25, 0.3) is 10.9 Å². The van der Waals surface area contributed by atoms with Crippen molar-refractivity contribution in [2.45, 2.75) is 89.1 Å². The smallest absolute Gasteiger partial charge is 0.415 e. The van der Waals surface area contributed by atoms with Crippen molar-refractivity contribution in [3.8, 4) is 6.07 Å². The SMILES string of the molecule is CSc1nc2c(F)c(Br)c(CCC#N)cc2c(N(C(=O)OC(C)(C)C)C2[C@@H]3C[C@H]2N(C(=O)OC(C)(C)C)C3)c1I. The van der Waals surface area contributed by atoms with E-state index in [1.165, 1.54) is 11.8 Å². The number of hydrogen-bond acceptors (Lipinski definition) is 7. The molecule has 0 N–H and O–H groups in total. The van der Waals surface area contributed by atoms with Crippen molar-refractivity contribution in [2.24, 2.45) is 5.92 Å².